The molecule has 0 spiro atoms. The average molecular weight is 420 g/mol. The minimum absolute atomic E-state index is 0.0277. The number of hydroxylamine groups is 2. The number of amides is 2. The van der Waals surface area contributed by atoms with Crippen LogP contribution in [-0.4, -0.2) is 37.3 Å². The van der Waals surface area contributed by atoms with Crippen LogP contribution in [0.3, 0.4) is 0 Å². The first-order valence-corrected chi connectivity index (χ1v) is 9.61. The van der Waals surface area contributed by atoms with Crippen LogP contribution >= 0.6 is 0 Å². The van der Waals surface area contributed by atoms with Gasteiger partial charge in [0.25, 0.3) is 5.91 Å². The monoisotopic (exact) mass is 420 g/mol. The Bertz CT molecular complexity index is 862. The van der Waals surface area contributed by atoms with E-state index in [1.165, 1.54) is 14.2 Å². The summed E-state index contributed by atoms with van der Waals surface area (Å²) in [6.07, 6.45) is 0.369. The molecule has 6 nitrogen and oxygen atoms in total. The number of alkyl carbamates (subject to hydrolysis) is 1. The molecule has 0 aliphatic rings. The molecular formula is C22H26F2N2O4. The number of hydrogen-bond acceptors (Lipinski definition) is 4. The van der Waals surface area contributed by atoms with E-state index in [0.717, 1.165) is 22.8 Å². The Morgan fingerprint density at radius 2 is 1.73 bits per heavy atom. The molecule has 0 fully saturated rings. The van der Waals surface area contributed by atoms with Gasteiger partial charge in [0.15, 0.2) is 11.6 Å². The van der Waals surface area contributed by atoms with Crippen molar-refractivity contribution in [2.75, 3.05) is 14.2 Å². The second-order valence-electron chi connectivity index (χ2n) is 6.77. The van der Waals surface area contributed by atoms with Gasteiger partial charge in [-0.05, 0) is 35.2 Å². The predicted octanol–water partition coefficient (Wildman–Crippen LogP) is 3.77. The van der Waals surface area contributed by atoms with E-state index in [4.69, 9.17) is 9.57 Å². The number of nitrogens with one attached hydrogen (secondary N) is 1. The van der Waals surface area contributed by atoms with Gasteiger partial charge < -0.3 is 10.1 Å². The molecule has 0 aliphatic heterocycles. The molecule has 30 heavy (non-hydrogen) atoms. The van der Waals surface area contributed by atoms with Crippen LogP contribution < -0.4 is 5.32 Å². The van der Waals surface area contributed by atoms with Crippen LogP contribution in [0, 0.1) is 11.6 Å². The largest absolute Gasteiger partial charge is 0.445 e. The van der Waals surface area contributed by atoms with Gasteiger partial charge in [0.2, 0.25) is 0 Å². The number of aryl methyl sites for hydroxylation is 1. The van der Waals surface area contributed by atoms with Gasteiger partial charge in [0.05, 0.1) is 7.11 Å². The second-order valence-corrected chi connectivity index (χ2v) is 6.77. The molecule has 8 heteroatoms. The van der Waals surface area contributed by atoms with E-state index in [-0.39, 0.29) is 13.0 Å². The Balaban J connectivity index is 2.18. The first kappa shape index (κ1) is 23.3. The number of ether oxygens (including phenoxy) is 1. The Morgan fingerprint density at radius 3 is 2.33 bits per heavy atom. The molecule has 1 N–H and O–H groups in total. The lowest BCUT2D eigenvalue weighted by molar-refractivity contribution is -0.170. The SMILES string of the molecule is CCCc1cc(F)c(F)cc1C[C@@H](NC(=O)OCc1ccccc1)C(=O)N(C)OC. The first-order valence-electron chi connectivity index (χ1n) is 9.61. The number of nitrogens with zero attached hydrogens (tertiary/aromatic N) is 1. The van der Waals surface area contributed by atoms with Crippen molar-refractivity contribution >= 4 is 12.0 Å². The van der Waals surface area contributed by atoms with Gasteiger partial charge in [-0.25, -0.2) is 18.6 Å². The highest BCUT2D eigenvalue weighted by Crippen LogP contribution is 2.19. The van der Waals surface area contributed by atoms with Gasteiger partial charge in [0.1, 0.15) is 12.6 Å². The topological polar surface area (TPSA) is 67.9 Å². The molecule has 0 heterocycles. The second kappa shape index (κ2) is 11.3. The van der Waals surface area contributed by atoms with Crippen molar-refractivity contribution in [2.45, 2.75) is 38.8 Å². The maximum Gasteiger partial charge on any atom is 0.408 e. The number of carbonyl (C=O) groups excluding carboxylic acids is 2. The molecule has 2 rings (SSSR count). The molecule has 0 radical (unpaired) electrons. The fourth-order valence-corrected chi connectivity index (χ4v) is 2.96. The zero-order chi connectivity index (χ0) is 22.1. The first-order chi connectivity index (χ1) is 14.3. The Hall–Kier alpha value is -3.00. The normalized spacial score (nSPS) is 11.6. The fourth-order valence-electron chi connectivity index (χ4n) is 2.96. The number of benzene rings is 2. The van der Waals surface area contributed by atoms with Gasteiger partial charge >= 0.3 is 6.09 Å². The highest BCUT2D eigenvalue weighted by atomic mass is 19.2. The molecule has 0 aromatic heterocycles. The van der Waals surface area contributed by atoms with Crippen LogP contribution in [0.2, 0.25) is 0 Å². The highest BCUT2D eigenvalue weighted by molar-refractivity contribution is 5.85. The number of halogens is 2. The summed E-state index contributed by atoms with van der Waals surface area (Å²) in [7, 11) is 2.70. The minimum atomic E-state index is -1.08. The predicted molar refractivity (Wildman–Crippen MR) is 107 cm³/mol. The number of likely N-dealkylation sites (N-methyl/N-ethyl adjacent to an activating group) is 1. The van der Waals surface area contributed by atoms with Crippen LogP contribution in [0.4, 0.5) is 13.6 Å². The molecule has 2 amide bonds. The lowest BCUT2D eigenvalue weighted by Crippen LogP contribution is -2.48. The number of rotatable bonds is 9. The zero-order valence-corrected chi connectivity index (χ0v) is 17.3. The van der Waals surface area contributed by atoms with Crippen LogP contribution in [0.1, 0.15) is 30.0 Å². The Morgan fingerprint density at radius 1 is 1.10 bits per heavy atom. The van der Waals surface area contributed by atoms with Crippen molar-refractivity contribution in [1.82, 2.24) is 10.4 Å². The molecule has 0 aliphatic carbocycles. The Kier molecular flexibility index (Phi) is 8.73. The summed E-state index contributed by atoms with van der Waals surface area (Å²) in [6, 6.07) is 10.2. The van der Waals surface area contributed by atoms with Crippen molar-refractivity contribution in [3.05, 3.63) is 70.8 Å². The lowest BCUT2D eigenvalue weighted by atomic mass is 9.96. The smallest absolute Gasteiger partial charge is 0.408 e. The van der Waals surface area contributed by atoms with Crippen molar-refractivity contribution in [3.8, 4) is 0 Å². The molecule has 2 aromatic carbocycles. The van der Waals surface area contributed by atoms with Gasteiger partial charge in [-0.3, -0.25) is 9.63 Å². The van der Waals surface area contributed by atoms with Crippen LogP contribution in [-0.2, 0) is 33.8 Å². The van der Waals surface area contributed by atoms with E-state index < -0.39 is 29.7 Å². The molecule has 0 saturated heterocycles. The van der Waals surface area contributed by atoms with E-state index in [1.807, 2.05) is 25.1 Å². The number of carbonyl (C=O) groups is 2. The van der Waals surface area contributed by atoms with E-state index in [2.05, 4.69) is 5.32 Å². The van der Waals surface area contributed by atoms with Gasteiger partial charge in [-0.1, -0.05) is 43.7 Å². The minimum Gasteiger partial charge on any atom is -0.445 e. The van der Waals surface area contributed by atoms with Crippen LogP contribution in [0.5, 0.6) is 0 Å². The van der Waals surface area contributed by atoms with Crippen molar-refractivity contribution in [1.29, 1.82) is 0 Å². The molecule has 1 atom stereocenters. The fraction of sp³-hybridized carbons (Fsp3) is 0.364. The summed E-state index contributed by atoms with van der Waals surface area (Å²) in [6.45, 7) is 1.94. The Labute approximate surface area is 174 Å². The summed E-state index contributed by atoms with van der Waals surface area (Å²) in [5.74, 6) is -2.52. The van der Waals surface area contributed by atoms with Gasteiger partial charge in [-0.15, -0.1) is 0 Å². The molecule has 0 unspecified atom stereocenters. The summed E-state index contributed by atoms with van der Waals surface area (Å²) >= 11 is 0. The summed E-state index contributed by atoms with van der Waals surface area (Å²) in [4.78, 5) is 29.9. The van der Waals surface area contributed by atoms with E-state index >= 15 is 0 Å². The summed E-state index contributed by atoms with van der Waals surface area (Å²) in [5.41, 5.74) is 1.80. The molecule has 2 aromatic rings. The number of hydrogen-bond donors (Lipinski definition) is 1. The van der Waals surface area contributed by atoms with Crippen molar-refractivity contribution < 1.29 is 27.9 Å². The summed E-state index contributed by atoms with van der Waals surface area (Å²) in [5, 5.41) is 3.47. The highest BCUT2D eigenvalue weighted by Gasteiger charge is 2.27. The van der Waals surface area contributed by atoms with Crippen LogP contribution in [0.25, 0.3) is 0 Å². The zero-order valence-electron chi connectivity index (χ0n) is 17.3. The molecular weight excluding hydrogens is 394 g/mol. The lowest BCUT2D eigenvalue weighted by Gasteiger charge is -2.23. The summed E-state index contributed by atoms with van der Waals surface area (Å²) < 4.78 is 32.7. The third kappa shape index (κ3) is 6.52. The molecule has 0 saturated carbocycles. The third-order valence-corrected chi connectivity index (χ3v) is 4.57. The quantitative estimate of drug-likeness (QED) is 0.627. The van der Waals surface area contributed by atoms with Gasteiger partial charge in [0, 0.05) is 13.5 Å². The van der Waals surface area contributed by atoms with E-state index in [1.54, 1.807) is 12.1 Å². The molecule has 162 valence electrons. The van der Waals surface area contributed by atoms with Gasteiger partial charge in [-0.2, -0.15) is 0 Å². The maximum atomic E-state index is 13.8. The maximum absolute atomic E-state index is 13.8. The van der Waals surface area contributed by atoms with E-state index in [9.17, 15) is 18.4 Å². The standard InChI is InChI=1S/C22H26F2N2O4/c1-4-8-16-11-18(23)19(24)12-17(16)13-20(21(27)26(2)29-3)25-22(28)30-14-15-9-6-5-7-10-15/h5-7,9-12,20H,4,8,13-14H2,1-3H3,(H,25,28)/t20-/m1/s1. The van der Waals surface area contributed by atoms with Crippen molar-refractivity contribution in [2.24, 2.45) is 0 Å². The average Bonchev–Trinajstić information content (AvgIpc) is 2.75. The van der Waals surface area contributed by atoms with Crippen molar-refractivity contribution in [3.63, 3.8) is 0 Å². The third-order valence-electron chi connectivity index (χ3n) is 4.57. The van der Waals surface area contributed by atoms with Crippen LogP contribution in [0.15, 0.2) is 42.5 Å². The van der Waals surface area contributed by atoms with E-state index in [0.29, 0.717) is 24.0 Å². The molecule has 0 bridgehead atoms.